The molecule has 7 heteroatoms. The maximum atomic E-state index is 12.9. The Balaban J connectivity index is 1.50. The van der Waals surface area contributed by atoms with Crippen LogP contribution in [0.3, 0.4) is 0 Å². The average Bonchev–Trinajstić information content (AvgIpc) is 3.08. The van der Waals surface area contributed by atoms with Gasteiger partial charge in [-0.05, 0) is 55.4 Å². The van der Waals surface area contributed by atoms with Gasteiger partial charge in [0.1, 0.15) is 4.83 Å². The lowest BCUT2D eigenvalue weighted by atomic mass is 9.97. The number of aryl methyl sites for hydroxylation is 3. The number of benzene rings is 1. The first kappa shape index (κ1) is 19.2. The first-order valence-electron chi connectivity index (χ1n) is 9.59. The van der Waals surface area contributed by atoms with Crippen molar-refractivity contribution in [3.05, 3.63) is 50.6 Å². The normalized spacial score (nSPS) is 13.5. The van der Waals surface area contributed by atoms with Gasteiger partial charge in [0.15, 0.2) is 5.16 Å². The Morgan fingerprint density at radius 1 is 1.25 bits per heavy atom. The number of amides is 1. The molecule has 0 saturated heterocycles. The summed E-state index contributed by atoms with van der Waals surface area (Å²) in [5.74, 6) is 0.112. The number of thioether (sulfide) groups is 1. The number of carbonyl (C=O) groups excluding carboxylic acids is 1. The number of rotatable bonds is 5. The summed E-state index contributed by atoms with van der Waals surface area (Å²) in [5.41, 5.74) is 3.22. The topological polar surface area (TPSA) is 64.0 Å². The van der Waals surface area contributed by atoms with Crippen molar-refractivity contribution in [2.75, 3.05) is 11.1 Å². The van der Waals surface area contributed by atoms with Crippen LogP contribution in [0.5, 0.6) is 0 Å². The lowest BCUT2D eigenvalue weighted by Gasteiger charge is -2.11. The molecule has 1 aromatic carbocycles. The molecule has 28 heavy (non-hydrogen) atoms. The van der Waals surface area contributed by atoms with Gasteiger partial charge < -0.3 is 5.32 Å². The summed E-state index contributed by atoms with van der Waals surface area (Å²) in [6, 6.07) is 7.86. The summed E-state index contributed by atoms with van der Waals surface area (Å²) < 4.78 is 1.58. The molecule has 0 aliphatic heterocycles. The van der Waals surface area contributed by atoms with Crippen LogP contribution in [0.25, 0.3) is 10.2 Å². The van der Waals surface area contributed by atoms with Crippen molar-refractivity contribution < 1.29 is 4.79 Å². The third-order valence-electron chi connectivity index (χ3n) is 5.13. The third-order valence-corrected chi connectivity index (χ3v) is 7.35. The zero-order valence-electron chi connectivity index (χ0n) is 16.1. The molecule has 1 N–H and O–H groups in total. The Hall–Kier alpha value is -2.12. The number of fused-ring (bicyclic) bond motifs is 3. The van der Waals surface area contributed by atoms with Gasteiger partial charge in [-0.2, -0.15) is 0 Å². The number of carbonyl (C=O) groups is 1. The van der Waals surface area contributed by atoms with Crippen LogP contribution in [0.4, 0.5) is 5.69 Å². The van der Waals surface area contributed by atoms with E-state index in [2.05, 4.69) is 12.2 Å². The molecule has 146 valence electrons. The van der Waals surface area contributed by atoms with Crippen molar-refractivity contribution in [3.8, 4) is 0 Å². The van der Waals surface area contributed by atoms with Crippen molar-refractivity contribution in [2.45, 2.75) is 44.2 Å². The van der Waals surface area contributed by atoms with E-state index in [1.54, 1.807) is 23.0 Å². The van der Waals surface area contributed by atoms with Crippen molar-refractivity contribution in [1.29, 1.82) is 0 Å². The number of hydrogen-bond donors (Lipinski definition) is 1. The van der Waals surface area contributed by atoms with Crippen LogP contribution in [0.2, 0.25) is 0 Å². The SMILES string of the molecule is CCc1ccc(NC(=O)CSc2nc3sc4c(c3c(=O)n2C)CCCC4)cc1. The van der Waals surface area contributed by atoms with Crippen LogP contribution in [0, 0.1) is 0 Å². The number of nitrogens with zero attached hydrogens (tertiary/aromatic N) is 2. The summed E-state index contributed by atoms with van der Waals surface area (Å²) in [5, 5.41) is 4.28. The molecule has 1 aliphatic carbocycles. The van der Waals surface area contributed by atoms with Crippen molar-refractivity contribution in [3.63, 3.8) is 0 Å². The van der Waals surface area contributed by atoms with Crippen LogP contribution in [-0.4, -0.2) is 21.2 Å². The number of thiophene rings is 1. The fraction of sp³-hybridized carbons (Fsp3) is 0.381. The second kappa shape index (κ2) is 8.09. The van der Waals surface area contributed by atoms with Crippen molar-refractivity contribution in [1.82, 2.24) is 9.55 Å². The zero-order chi connectivity index (χ0) is 19.7. The molecule has 0 radical (unpaired) electrons. The van der Waals surface area contributed by atoms with E-state index in [1.165, 1.54) is 34.2 Å². The molecule has 2 aromatic heterocycles. The lowest BCUT2D eigenvalue weighted by Crippen LogP contribution is -2.22. The van der Waals surface area contributed by atoms with E-state index < -0.39 is 0 Å². The molecule has 0 bridgehead atoms. The van der Waals surface area contributed by atoms with Gasteiger partial charge in [-0.3, -0.25) is 14.2 Å². The molecular weight excluding hydrogens is 390 g/mol. The second-order valence-corrected chi connectivity index (χ2v) is 9.06. The molecule has 4 rings (SSSR count). The summed E-state index contributed by atoms with van der Waals surface area (Å²) in [6.45, 7) is 2.10. The van der Waals surface area contributed by atoms with Crippen LogP contribution in [-0.2, 0) is 31.1 Å². The molecule has 1 amide bonds. The Morgan fingerprint density at radius 2 is 2.00 bits per heavy atom. The summed E-state index contributed by atoms with van der Waals surface area (Å²) in [4.78, 5) is 32.0. The van der Waals surface area contributed by atoms with Crippen molar-refractivity contribution in [2.24, 2.45) is 7.05 Å². The van der Waals surface area contributed by atoms with E-state index in [9.17, 15) is 9.59 Å². The molecule has 0 atom stereocenters. The minimum Gasteiger partial charge on any atom is -0.325 e. The molecule has 0 unspecified atom stereocenters. The Kier molecular flexibility index (Phi) is 5.55. The summed E-state index contributed by atoms with van der Waals surface area (Å²) in [7, 11) is 1.74. The minimum atomic E-state index is -0.103. The summed E-state index contributed by atoms with van der Waals surface area (Å²) in [6.07, 6.45) is 5.30. The third kappa shape index (κ3) is 3.73. The van der Waals surface area contributed by atoms with Gasteiger partial charge in [0.25, 0.3) is 5.56 Å². The molecule has 3 aromatic rings. The van der Waals surface area contributed by atoms with Crippen LogP contribution in [0.15, 0.2) is 34.2 Å². The van der Waals surface area contributed by atoms with E-state index in [1.807, 2.05) is 24.3 Å². The Labute approximate surface area is 172 Å². The van der Waals surface area contributed by atoms with Gasteiger partial charge in [0.05, 0.1) is 11.1 Å². The average molecular weight is 414 g/mol. The van der Waals surface area contributed by atoms with Gasteiger partial charge in [0.2, 0.25) is 5.91 Å². The van der Waals surface area contributed by atoms with Gasteiger partial charge in [-0.1, -0.05) is 30.8 Å². The molecule has 5 nitrogen and oxygen atoms in total. The Bertz CT molecular complexity index is 1080. The first-order chi connectivity index (χ1) is 13.6. The van der Waals surface area contributed by atoms with Gasteiger partial charge in [0, 0.05) is 17.6 Å². The number of hydrogen-bond acceptors (Lipinski definition) is 5. The zero-order valence-corrected chi connectivity index (χ0v) is 17.7. The fourth-order valence-electron chi connectivity index (χ4n) is 3.55. The van der Waals surface area contributed by atoms with Crippen molar-refractivity contribution >= 4 is 44.9 Å². The smallest absolute Gasteiger partial charge is 0.262 e. The quantitative estimate of drug-likeness (QED) is 0.504. The number of anilines is 1. The van der Waals surface area contributed by atoms with Gasteiger partial charge in [-0.25, -0.2) is 4.98 Å². The van der Waals surface area contributed by atoms with Crippen LogP contribution >= 0.6 is 23.1 Å². The summed E-state index contributed by atoms with van der Waals surface area (Å²) >= 11 is 2.94. The van der Waals surface area contributed by atoms with E-state index >= 15 is 0 Å². The van der Waals surface area contributed by atoms with E-state index in [4.69, 9.17) is 4.98 Å². The van der Waals surface area contributed by atoms with Gasteiger partial charge in [-0.15, -0.1) is 11.3 Å². The number of nitrogens with one attached hydrogen (secondary N) is 1. The predicted octanol–water partition coefficient (Wildman–Crippen LogP) is 4.17. The maximum absolute atomic E-state index is 12.9. The van der Waals surface area contributed by atoms with Gasteiger partial charge >= 0.3 is 0 Å². The highest BCUT2D eigenvalue weighted by Gasteiger charge is 2.21. The van der Waals surface area contributed by atoms with E-state index in [0.717, 1.165) is 41.6 Å². The first-order valence-corrected chi connectivity index (χ1v) is 11.4. The lowest BCUT2D eigenvalue weighted by molar-refractivity contribution is -0.113. The highest BCUT2D eigenvalue weighted by Crippen LogP contribution is 2.34. The molecule has 2 heterocycles. The van der Waals surface area contributed by atoms with Crippen LogP contribution in [0.1, 0.15) is 35.8 Å². The highest BCUT2D eigenvalue weighted by molar-refractivity contribution is 7.99. The predicted molar refractivity (Wildman–Crippen MR) is 117 cm³/mol. The number of aromatic nitrogens is 2. The van der Waals surface area contributed by atoms with E-state index in [-0.39, 0.29) is 17.2 Å². The molecule has 0 saturated carbocycles. The maximum Gasteiger partial charge on any atom is 0.262 e. The second-order valence-electron chi connectivity index (χ2n) is 7.04. The standard InChI is InChI=1S/C21H23N3O2S2/c1-3-13-8-10-14(11-9-13)22-17(25)12-27-21-23-19-18(20(26)24(21)2)15-6-4-5-7-16(15)28-19/h8-11H,3-7,12H2,1-2H3,(H,22,25). The molecule has 0 fully saturated rings. The fourth-order valence-corrected chi connectivity index (χ4v) is 5.62. The monoisotopic (exact) mass is 413 g/mol. The Morgan fingerprint density at radius 3 is 2.75 bits per heavy atom. The molecule has 1 aliphatic rings. The highest BCUT2D eigenvalue weighted by atomic mass is 32.2. The molecule has 0 spiro atoms. The minimum absolute atomic E-state index is 0.00228. The molecular formula is C21H23N3O2S2. The largest absolute Gasteiger partial charge is 0.325 e. The van der Waals surface area contributed by atoms with E-state index in [0.29, 0.717) is 5.16 Å². The van der Waals surface area contributed by atoms with Crippen LogP contribution < -0.4 is 10.9 Å².